The van der Waals surface area contributed by atoms with Gasteiger partial charge in [-0.15, -0.1) is 0 Å². The van der Waals surface area contributed by atoms with Crippen LogP contribution in [0, 0.1) is 11.3 Å². The standard InChI is InChI=1S/C11H21N3O2/c1-11(2,10(12)16)7-14-9(15)5-8-3-4-13-6-8/h8,13H,3-7H2,1-2H3,(H2,12,16)(H,14,15). The second-order valence-corrected chi connectivity index (χ2v) is 5.09. The highest BCUT2D eigenvalue weighted by molar-refractivity contribution is 5.82. The molecule has 0 radical (unpaired) electrons. The molecule has 1 unspecified atom stereocenters. The molecule has 1 aliphatic heterocycles. The first-order valence-electron chi connectivity index (χ1n) is 5.69. The van der Waals surface area contributed by atoms with Gasteiger partial charge in [0.15, 0.2) is 0 Å². The number of nitrogens with one attached hydrogen (secondary N) is 2. The molecule has 4 N–H and O–H groups in total. The van der Waals surface area contributed by atoms with Crippen molar-refractivity contribution < 1.29 is 9.59 Å². The minimum absolute atomic E-state index is 0.00280. The fraction of sp³-hybridized carbons (Fsp3) is 0.818. The summed E-state index contributed by atoms with van der Waals surface area (Å²) in [6.45, 7) is 5.66. The summed E-state index contributed by atoms with van der Waals surface area (Å²) in [5.74, 6) is 0.0371. The number of hydrogen-bond acceptors (Lipinski definition) is 3. The van der Waals surface area contributed by atoms with E-state index in [-0.39, 0.29) is 5.91 Å². The molecular formula is C11H21N3O2. The number of primary amides is 1. The normalized spacial score (nSPS) is 20.8. The van der Waals surface area contributed by atoms with Gasteiger partial charge in [0.1, 0.15) is 0 Å². The van der Waals surface area contributed by atoms with Crippen LogP contribution in [0.2, 0.25) is 0 Å². The Hall–Kier alpha value is -1.10. The lowest BCUT2D eigenvalue weighted by atomic mass is 9.92. The van der Waals surface area contributed by atoms with Gasteiger partial charge < -0.3 is 16.4 Å². The van der Waals surface area contributed by atoms with E-state index in [1.165, 1.54) is 0 Å². The smallest absolute Gasteiger partial charge is 0.224 e. The average molecular weight is 227 g/mol. The number of amides is 2. The van der Waals surface area contributed by atoms with Crippen LogP contribution in [0.4, 0.5) is 0 Å². The van der Waals surface area contributed by atoms with E-state index in [1.54, 1.807) is 13.8 Å². The Morgan fingerprint density at radius 1 is 1.50 bits per heavy atom. The molecule has 1 heterocycles. The average Bonchev–Trinajstić information content (AvgIpc) is 2.67. The third kappa shape index (κ3) is 3.81. The lowest BCUT2D eigenvalue weighted by Crippen LogP contribution is -2.42. The summed E-state index contributed by atoms with van der Waals surface area (Å²) in [6, 6.07) is 0. The van der Waals surface area contributed by atoms with Crippen molar-refractivity contribution in [1.29, 1.82) is 0 Å². The van der Waals surface area contributed by atoms with E-state index in [1.807, 2.05) is 0 Å². The zero-order valence-electron chi connectivity index (χ0n) is 10.0. The first-order valence-corrected chi connectivity index (χ1v) is 5.69. The number of hydrogen-bond donors (Lipinski definition) is 3. The molecule has 0 aromatic rings. The van der Waals surface area contributed by atoms with Crippen molar-refractivity contribution in [3.8, 4) is 0 Å². The van der Waals surface area contributed by atoms with Crippen LogP contribution in [0.3, 0.4) is 0 Å². The van der Waals surface area contributed by atoms with E-state index in [4.69, 9.17) is 5.73 Å². The van der Waals surface area contributed by atoms with Crippen molar-refractivity contribution >= 4 is 11.8 Å². The van der Waals surface area contributed by atoms with Crippen LogP contribution < -0.4 is 16.4 Å². The topological polar surface area (TPSA) is 84.2 Å². The Bertz CT molecular complexity index is 270. The lowest BCUT2D eigenvalue weighted by Gasteiger charge is -2.21. The molecule has 0 spiro atoms. The maximum Gasteiger partial charge on any atom is 0.224 e. The first-order chi connectivity index (χ1) is 7.42. The molecule has 1 atom stereocenters. The van der Waals surface area contributed by atoms with Gasteiger partial charge in [0.05, 0.1) is 5.41 Å². The lowest BCUT2D eigenvalue weighted by molar-refractivity contribution is -0.127. The van der Waals surface area contributed by atoms with Crippen LogP contribution in [-0.2, 0) is 9.59 Å². The Morgan fingerprint density at radius 2 is 2.19 bits per heavy atom. The molecule has 16 heavy (non-hydrogen) atoms. The molecule has 1 rings (SSSR count). The summed E-state index contributed by atoms with van der Waals surface area (Å²) >= 11 is 0. The summed E-state index contributed by atoms with van der Waals surface area (Å²) in [5, 5.41) is 5.98. The van der Waals surface area contributed by atoms with Crippen molar-refractivity contribution in [3.05, 3.63) is 0 Å². The SMILES string of the molecule is CC(C)(CNC(=O)CC1CCNC1)C(N)=O. The zero-order chi connectivity index (χ0) is 12.2. The molecular weight excluding hydrogens is 206 g/mol. The van der Waals surface area contributed by atoms with Crippen LogP contribution in [0.1, 0.15) is 26.7 Å². The summed E-state index contributed by atoms with van der Waals surface area (Å²) in [7, 11) is 0. The van der Waals surface area contributed by atoms with Crippen LogP contribution in [0.5, 0.6) is 0 Å². The van der Waals surface area contributed by atoms with Gasteiger partial charge in [-0.3, -0.25) is 9.59 Å². The number of carbonyl (C=O) groups excluding carboxylic acids is 2. The van der Waals surface area contributed by atoms with Gasteiger partial charge in [0.2, 0.25) is 11.8 Å². The fourth-order valence-corrected chi connectivity index (χ4v) is 1.63. The molecule has 1 aliphatic rings. The van der Waals surface area contributed by atoms with Crippen LogP contribution in [0.15, 0.2) is 0 Å². The highest BCUT2D eigenvalue weighted by atomic mass is 16.2. The van der Waals surface area contributed by atoms with E-state index >= 15 is 0 Å². The van der Waals surface area contributed by atoms with Crippen LogP contribution in [0.25, 0.3) is 0 Å². The molecule has 0 aliphatic carbocycles. The zero-order valence-corrected chi connectivity index (χ0v) is 10.0. The third-order valence-corrected chi connectivity index (χ3v) is 3.03. The van der Waals surface area contributed by atoms with E-state index in [0.717, 1.165) is 19.5 Å². The Labute approximate surface area is 96.1 Å². The highest BCUT2D eigenvalue weighted by Crippen LogP contribution is 2.14. The number of nitrogens with two attached hydrogens (primary N) is 1. The van der Waals surface area contributed by atoms with Gasteiger partial charge >= 0.3 is 0 Å². The maximum absolute atomic E-state index is 11.6. The predicted molar refractivity (Wildman–Crippen MR) is 61.6 cm³/mol. The summed E-state index contributed by atoms with van der Waals surface area (Å²) in [4.78, 5) is 22.6. The minimum atomic E-state index is -0.677. The summed E-state index contributed by atoms with van der Waals surface area (Å²) < 4.78 is 0. The van der Waals surface area contributed by atoms with Gasteiger partial charge in [0.25, 0.3) is 0 Å². The molecule has 0 bridgehead atoms. The van der Waals surface area contributed by atoms with Gasteiger partial charge in [-0.05, 0) is 39.3 Å². The minimum Gasteiger partial charge on any atom is -0.369 e. The van der Waals surface area contributed by atoms with E-state index in [0.29, 0.717) is 18.9 Å². The van der Waals surface area contributed by atoms with Gasteiger partial charge in [0, 0.05) is 13.0 Å². The molecule has 2 amide bonds. The largest absolute Gasteiger partial charge is 0.369 e. The van der Waals surface area contributed by atoms with Gasteiger partial charge in [-0.25, -0.2) is 0 Å². The second kappa shape index (κ2) is 5.30. The first kappa shape index (κ1) is 13.0. The van der Waals surface area contributed by atoms with E-state index < -0.39 is 11.3 Å². The maximum atomic E-state index is 11.6. The molecule has 1 fully saturated rings. The number of rotatable bonds is 5. The van der Waals surface area contributed by atoms with Crippen molar-refractivity contribution in [2.24, 2.45) is 17.1 Å². The van der Waals surface area contributed by atoms with E-state index in [2.05, 4.69) is 10.6 Å². The van der Waals surface area contributed by atoms with E-state index in [9.17, 15) is 9.59 Å². The Morgan fingerprint density at radius 3 is 2.69 bits per heavy atom. The molecule has 92 valence electrons. The fourth-order valence-electron chi connectivity index (χ4n) is 1.63. The van der Waals surface area contributed by atoms with Crippen molar-refractivity contribution in [1.82, 2.24) is 10.6 Å². The van der Waals surface area contributed by atoms with Crippen LogP contribution in [-0.4, -0.2) is 31.4 Å². The Kier molecular flexibility index (Phi) is 4.29. The molecule has 0 aromatic carbocycles. The predicted octanol–water partition coefficient (Wildman–Crippen LogP) is -0.386. The molecule has 5 nitrogen and oxygen atoms in total. The monoisotopic (exact) mass is 227 g/mol. The summed E-state index contributed by atoms with van der Waals surface area (Å²) in [6.07, 6.45) is 1.58. The summed E-state index contributed by atoms with van der Waals surface area (Å²) in [5.41, 5.74) is 4.54. The molecule has 5 heteroatoms. The second-order valence-electron chi connectivity index (χ2n) is 5.09. The van der Waals surface area contributed by atoms with Gasteiger partial charge in [-0.1, -0.05) is 0 Å². The molecule has 0 saturated carbocycles. The van der Waals surface area contributed by atoms with Crippen molar-refractivity contribution in [3.63, 3.8) is 0 Å². The Balaban J connectivity index is 2.26. The highest BCUT2D eigenvalue weighted by Gasteiger charge is 2.26. The quantitative estimate of drug-likeness (QED) is 0.598. The third-order valence-electron chi connectivity index (χ3n) is 3.03. The van der Waals surface area contributed by atoms with Gasteiger partial charge in [-0.2, -0.15) is 0 Å². The van der Waals surface area contributed by atoms with Crippen molar-refractivity contribution in [2.75, 3.05) is 19.6 Å². The molecule has 1 saturated heterocycles. The molecule has 0 aromatic heterocycles. The van der Waals surface area contributed by atoms with Crippen LogP contribution >= 0.6 is 0 Å². The number of carbonyl (C=O) groups is 2. The van der Waals surface area contributed by atoms with Crippen molar-refractivity contribution in [2.45, 2.75) is 26.7 Å².